The molecule has 1 N–H and O–H groups in total. The first-order valence-corrected chi connectivity index (χ1v) is 7.16. The van der Waals surface area contributed by atoms with Crippen molar-refractivity contribution < 1.29 is 0 Å². The minimum absolute atomic E-state index is 0.548. The van der Waals surface area contributed by atoms with Crippen LogP contribution in [0.5, 0.6) is 0 Å². The molecular weight excluding hydrogens is 248 g/mol. The van der Waals surface area contributed by atoms with Gasteiger partial charge in [-0.3, -0.25) is 0 Å². The van der Waals surface area contributed by atoms with Gasteiger partial charge in [-0.1, -0.05) is 26.0 Å². The molecule has 1 aromatic heterocycles. The van der Waals surface area contributed by atoms with Crippen molar-refractivity contribution in [2.75, 3.05) is 20.1 Å². The van der Waals surface area contributed by atoms with Gasteiger partial charge in [0.2, 0.25) is 0 Å². The maximum Gasteiger partial charge on any atom is 0.0648 e. The number of nitrogens with one attached hydrogen (secondary N) is 1. The number of benzene rings is 1. The molecule has 108 valence electrons. The summed E-state index contributed by atoms with van der Waals surface area (Å²) in [6.07, 6.45) is 3.77. The third kappa shape index (κ3) is 4.47. The Balaban J connectivity index is 1.91. The molecule has 0 unspecified atom stereocenters. The van der Waals surface area contributed by atoms with Crippen LogP contribution in [-0.2, 0) is 6.54 Å². The molecule has 2 aromatic rings. The van der Waals surface area contributed by atoms with Gasteiger partial charge in [0.25, 0.3) is 0 Å². The molecule has 4 nitrogen and oxygen atoms in total. The van der Waals surface area contributed by atoms with E-state index in [0.717, 1.165) is 25.3 Å². The SMILES string of the molecule is CC(C)NCCN(C)Cc1cccc(-n2cccn2)c1. The fourth-order valence-corrected chi connectivity index (χ4v) is 2.15. The van der Waals surface area contributed by atoms with Crippen LogP contribution in [0.3, 0.4) is 0 Å². The summed E-state index contributed by atoms with van der Waals surface area (Å²) in [7, 11) is 2.16. The van der Waals surface area contributed by atoms with Gasteiger partial charge in [0.1, 0.15) is 0 Å². The lowest BCUT2D eigenvalue weighted by atomic mass is 10.2. The first-order chi connectivity index (χ1) is 9.65. The normalized spacial score (nSPS) is 11.4. The number of aromatic nitrogens is 2. The molecule has 0 aliphatic heterocycles. The minimum atomic E-state index is 0.548. The molecule has 1 heterocycles. The number of rotatable bonds is 7. The first kappa shape index (κ1) is 14.8. The molecule has 0 saturated carbocycles. The van der Waals surface area contributed by atoms with E-state index in [-0.39, 0.29) is 0 Å². The van der Waals surface area contributed by atoms with Gasteiger partial charge in [-0.2, -0.15) is 5.10 Å². The second kappa shape index (κ2) is 7.22. The van der Waals surface area contributed by atoms with Gasteiger partial charge >= 0.3 is 0 Å². The fraction of sp³-hybridized carbons (Fsp3) is 0.438. The molecule has 0 saturated heterocycles. The average molecular weight is 272 g/mol. The van der Waals surface area contributed by atoms with Gasteiger partial charge in [0.05, 0.1) is 5.69 Å². The highest BCUT2D eigenvalue weighted by Gasteiger charge is 2.03. The quantitative estimate of drug-likeness (QED) is 0.839. The molecule has 0 aliphatic rings. The molecule has 0 spiro atoms. The van der Waals surface area contributed by atoms with Crippen LogP contribution in [0.2, 0.25) is 0 Å². The van der Waals surface area contributed by atoms with E-state index >= 15 is 0 Å². The molecule has 1 aromatic carbocycles. The topological polar surface area (TPSA) is 33.1 Å². The van der Waals surface area contributed by atoms with E-state index in [1.807, 2.05) is 16.9 Å². The lowest BCUT2D eigenvalue weighted by Crippen LogP contribution is -2.32. The highest BCUT2D eigenvalue weighted by atomic mass is 15.3. The van der Waals surface area contributed by atoms with Gasteiger partial charge in [0.15, 0.2) is 0 Å². The van der Waals surface area contributed by atoms with Crippen molar-refractivity contribution in [1.82, 2.24) is 20.0 Å². The molecule has 0 aliphatic carbocycles. The summed E-state index contributed by atoms with van der Waals surface area (Å²) in [5.41, 5.74) is 2.42. The molecule has 0 radical (unpaired) electrons. The Bertz CT molecular complexity index is 505. The van der Waals surface area contributed by atoms with Gasteiger partial charge in [-0.25, -0.2) is 4.68 Å². The van der Waals surface area contributed by atoms with E-state index in [2.05, 4.69) is 60.5 Å². The average Bonchev–Trinajstić information content (AvgIpc) is 2.92. The lowest BCUT2D eigenvalue weighted by Gasteiger charge is -2.18. The standard InChI is InChI=1S/C16H24N4/c1-14(2)17-9-11-19(3)13-15-6-4-7-16(12-15)20-10-5-8-18-20/h4-8,10,12,14,17H,9,11,13H2,1-3H3. The first-order valence-electron chi connectivity index (χ1n) is 7.16. The van der Waals surface area contributed by atoms with Gasteiger partial charge in [-0.15, -0.1) is 0 Å². The smallest absolute Gasteiger partial charge is 0.0648 e. The Kier molecular flexibility index (Phi) is 5.32. The van der Waals surface area contributed by atoms with Gasteiger partial charge in [0, 0.05) is 38.1 Å². The van der Waals surface area contributed by atoms with E-state index in [4.69, 9.17) is 0 Å². The highest BCUT2D eigenvalue weighted by Crippen LogP contribution is 2.11. The second-order valence-corrected chi connectivity index (χ2v) is 5.47. The van der Waals surface area contributed by atoms with E-state index in [1.165, 1.54) is 5.56 Å². The van der Waals surface area contributed by atoms with Crippen LogP contribution in [-0.4, -0.2) is 40.9 Å². The van der Waals surface area contributed by atoms with Crippen LogP contribution < -0.4 is 5.32 Å². The van der Waals surface area contributed by atoms with Gasteiger partial charge in [-0.05, 0) is 30.8 Å². The molecular formula is C16H24N4. The number of nitrogens with zero attached hydrogens (tertiary/aromatic N) is 3. The molecule has 2 rings (SSSR count). The largest absolute Gasteiger partial charge is 0.313 e. The summed E-state index contributed by atoms with van der Waals surface area (Å²) in [6, 6.07) is 11.0. The van der Waals surface area contributed by atoms with E-state index in [1.54, 1.807) is 6.20 Å². The molecule has 0 bridgehead atoms. The van der Waals surface area contributed by atoms with Crippen molar-refractivity contribution in [3.05, 3.63) is 48.3 Å². The van der Waals surface area contributed by atoms with Crippen molar-refractivity contribution in [3.8, 4) is 5.69 Å². The van der Waals surface area contributed by atoms with E-state index < -0.39 is 0 Å². The number of likely N-dealkylation sites (N-methyl/N-ethyl adjacent to an activating group) is 1. The summed E-state index contributed by atoms with van der Waals surface area (Å²) in [5, 5.41) is 7.71. The van der Waals surface area contributed by atoms with Crippen molar-refractivity contribution in [2.45, 2.75) is 26.4 Å². The summed E-state index contributed by atoms with van der Waals surface area (Å²) in [6.45, 7) is 7.37. The molecule has 0 fully saturated rings. The van der Waals surface area contributed by atoms with Crippen LogP contribution in [0.15, 0.2) is 42.7 Å². The van der Waals surface area contributed by atoms with Crippen LogP contribution in [0.25, 0.3) is 5.69 Å². The Morgan fingerprint density at radius 1 is 1.30 bits per heavy atom. The van der Waals surface area contributed by atoms with E-state index in [9.17, 15) is 0 Å². The zero-order chi connectivity index (χ0) is 14.4. The van der Waals surface area contributed by atoms with Crippen LogP contribution in [0.1, 0.15) is 19.4 Å². The minimum Gasteiger partial charge on any atom is -0.313 e. The Hall–Kier alpha value is -1.65. The molecule has 20 heavy (non-hydrogen) atoms. The maximum absolute atomic E-state index is 4.27. The van der Waals surface area contributed by atoms with Crippen molar-refractivity contribution >= 4 is 0 Å². The van der Waals surface area contributed by atoms with Crippen molar-refractivity contribution in [2.24, 2.45) is 0 Å². The number of hydrogen-bond donors (Lipinski definition) is 1. The highest BCUT2D eigenvalue weighted by molar-refractivity contribution is 5.34. The third-order valence-electron chi connectivity index (χ3n) is 3.18. The second-order valence-electron chi connectivity index (χ2n) is 5.47. The molecule has 0 amide bonds. The summed E-state index contributed by atoms with van der Waals surface area (Å²) < 4.78 is 1.89. The Labute approximate surface area is 121 Å². The van der Waals surface area contributed by atoms with Gasteiger partial charge < -0.3 is 10.2 Å². The molecule has 0 atom stereocenters. The summed E-state index contributed by atoms with van der Waals surface area (Å²) in [4.78, 5) is 2.33. The number of hydrogen-bond acceptors (Lipinski definition) is 3. The van der Waals surface area contributed by atoms with E-state index in [0.29, 0.717) is 6.04 Å². The van der Waals surface area contributed by atoms with Crippen LogP contribution >= 0.6 is 0 Å². The predicted molar refractivity (Wildman–Crippen MR) is 83.0 cm³/mol. The maximum atomic E-state index is 4.27. The predicted octanol–water partition coefficient (Wildman–Crippen LogP) is 2.30. The fourth-order valence-electron chi connectivity index (χ4n) is 2.15. The van der Waals surface area contributed by atoms with Crippen molar-refractivity contribution in [3.63, 3.8) is 0 Å². The summed E-state index contributed by atoms with van der Waals surface area (Å²) >= 11 is 0. The lowest BCUT2D eigenvalue weighted by molar-refractivity contribution is 0.320. The Morgan fingerprint density at radius 2 is 2.15 bits per heavy atom. The monoisotopic (exact) mass is 272 g/mol. The Morgan fingerprint density at radius 3 is 2.85 bits per heavy atom. The zero-order valence-electron chi connectivity index (χ0n) is 12.6. The third-order valence-corrected chi connectivity index (χ3v) is 3.18. The van der Waals surface area contributed by atoms with Crippen LogP contribution in [0.4, 0.5) is 0 Å². The molecule has 4 heteroatoms. The van der Waals surface area contributed by atoms with Crippen molar-refractivity contribution in [1.29, 1.82) is 0 Å². The van der Waals surface area contributed by atoms with Crippen LogP contribution in [0, 0.1) is 0 Å². The summed E-state index contributed by atoms with van der Waals surface area (Å²) in [5.74, 6) is 0. The zero-order valence-corrected chi connectivity index (χ0v) is 12.6.